The minimum absolute atomic E-state index is 0.121. The highest BCUT2D eigenvalue weighted by molar-refractivity contribution is 7.15. The lowest BCUT2D eigenvalue weighted by Gasteiger charge is -2.44. The highest BCUT2D eigenvalue weighted by atomic mass is 32.1. The van der Waals surface area contributed by atoms with Gasteiger partial charge in [0.05, 0.1) is 11.7 Å². The molecule has 1 N–H and O–H groups in total. The van der Waals surface area contributed by atoms with Crippen molar-refractivity contribution >= 4 is 28.3 Å². The molecule has 2 aliphatic rings. The van der Waals surface area contributed by atoms with E-state index in [0.717, 1.165) is 29.5 Å². The highest BCUT2D eigenvalue weighted by Crippen LogP contribution is 2.38. The van der Waals surface area contributed by atoms with Crippen LogP contribution in [0.4, 0.5) is 15.7 Å². The van der Waals surface area contributed by atoms with Crippen LogP contribution in [0.5, 0.6) is 0 Å². The lowest BCUT2D eigenvalue weighted by Crippen LogP contribution is -2.60. The number of aromatic nitrogens is 3. The Labute approximate surface area is 144 Å². The van der Waals surface area contributed by atoms with Crippen LogP contribution < -0.4 is 10.2 Å². The van der Waals surface area contributed by atoms with Crippen molar-refractivity contribution in [1.29, 1.82) is 0 Å². The number of thiazole rings is 1. The van der Waals surface area contributed by atoms with Crippen LogP contribution in [0.25, 0.3) is 0 Å². The smallest absolute Gasteiger partial charge is 0.323 e. The average Bonchev–Trinajstić information content (AvgIpc) is 3.30. The Balaban J connectivity index is 1.30. The number of hydrogen-bond acceptors (Lipinski definition) is 6. The number of nitrogens with one attached hydrogen (secondary N) is 1. The monoisotopic (exact) mass is 344 g/mol. The number of nitrogens with zero attached hydrogens (tertiary/aromatic N) is 5. The van der Waals surface area contributed by atoms with E-state index in [0.29, 0.717) is 11.0 Å². The van der Waals surface area contributed by atoms with Gasteiger partial charge in [0.1, 0.15) is 0 Å². The third kappa shape index (κ3) is 3.06. The van der Waals surface area contributed by atoms with E-state index in [9.17, 15) is 4.79 Å². The summed E-state index contributed by atoms with van der Waals surface area (Å²) in [6, 6.07) is 4.17. The zero-order valence-electron chi connectivity index (χ0n) is 13.8. The van der Waals surface area contributed by atoms with Crippen LogP contribution in [0, 0.1) is 6.92 Å². The second-order valence-electron chi connectivity index (χ2n) is 6.47. The number of aryl methyl sites for hydroxylation is 1. The van der Waals surface area contributed by atoms with Crippen LogP contribution in [-0.4, -0.2) is 52.3 Å². The summed E-state index contributed by atoms with van der Waals surface area (Å²) in [6.07, 6.45) is 4.23. The molecule has 1 aliphatic carbocycles. The molecule has 0 spiro atoms. The molecule has 3 heterocycles. The molecular weight excluding hydrogens is 324 g/mol. The van der Waals surface area contributed by atoms with Gasteiger partial charge >= 0.3 is 6.03 Å². The molecule has 2 amide bonds. The Morgan fingerprint density at radius 2 is 2.12 bits per heavy atom. The van der Waals surface area contributed by atoms with Gasteiger partial charge in [-0.1, -0.05) is 0 Å². The van der Waals surface area contributed by atoms with Gasteiger partial charge in [-0.2, -0.15) is 5.10 Å². The quantitative estimate of drug-likeness (QED) is 0.922. The molecule has 2 aromatic rings. The van der Waals surface area contributed by atoms with Crippen molar-refractivity contribution in [3.8, 4) is 0 Å². The van der Waals surface area contributed by atoms with Gasteiger partial charge in [0.15, 0.2) is 10.9 Å². The van der Waals surface area contributed by atoms with Gasteiger partial charge < -0.3 is 9.80 Å². The van der Waals surface area contributed by atoms with Crippen molar-refractivity contribution in [3.05, 3.63) is 28.9 Å². The zero-order chi connectivity index (χ0) is 16.7. The minimum atomic E-state index is -0.121. The average molecular weight is 344 g/mol. The van der Waals surface area contributed by atoms with Gasteiger partial charge in [-0.25, -0.2) is 9.78 Å². The molecule has 0 aromatic carbocycles. The summed E-state index contributed by atoms with van der Waals surface area (Å²) in [5, 5.41) is 12.1. The predicted molar refractivity (Wildman–Crippen MR) is 93.6 cm³/mol. The van der Waals surface area contributed by atoms with E-state index in [1.165, 1.54) is 24.2 Å². The summed E-state index contributed by atoms with van der Waals surface area (Å²) in [5.41, 5.74) is 1.10. The summed E-state index contributed by atoms with van der Waals surface area (Å²) in [4.78, 5) is 21.4. The Morgan fingerprint density at radius 3 is 2.71 bits per heavy atom. The van der Waals surface area contributed by atoms with Gasteiger partial charge in [0.2, 0.25) is 0 Å². The largest absolute Gasteiger partial charge is 0.351 e. The summed E-state index contributed by atoms with van der Waals surface area (Å²) in [5.74, 6) is 1.51. The van der Waals surface area contributed by atoms with Gasteiger partial charge in [-0.3, -0.25) is 5.32 Å². The fourth-order valence-corrected chi connectivity index (χ4v) is 3.40. The first kappa shape index (κ1) is 15.3. The Hall–Kier alpha value is -2.22. The fraction of sp³-hybridized carbons (Fsp3) is 0.500. The zero-order valence-corrected chi connectivity index (χ0v) is 14.6. The third-order valence-corrected chi connectivity index (χ3v) is 5.38. The number of urea groups is 1. The van der Waals surface area contributed by atoms with Crippen LogP contribution in [-0.2, 0) is 0 Å². The van der Waals surface area contributed by atoms with Gasteiger partial charge in [-0.15, -0.1) is 16.4 Å². The molecule has 8 heteroatoms. The van der Waals surface area contributed by atoms with Crippen molar-refractivity contribution in [2.24, 2.45) is 0 Å². The van der Waals surface area contributed by atoms with E-state index in [2.05, 4.69) is 31.5 Å². The molecule has 0 bridgehead atoms. The van der Waals surface area contributed by atoms with E-state index in [-0.39, 0.29) is 12.1 Å². The molecule has 1 aliphatic heterocycles. The molecule has 0 atom stereocenters. The molecule has 7 nitrogen and oxygen atoms in total. The number of carbonyl (C=O) groups is 1. The number of amides is 2. The van der Waals surface area contributed by atoms with Crippen molar-refractivity contribution in [2.75, 3.05) is 30.4 Å². The maximum absolute atomic E-state index is 12.3. The molecule has 0 radical (unpaired) electrons. The number of carbonyl (C=O) groups excluding carboxylic acids is 1. The van der Waals surface area contributed by atoms with Crippen LogP contribution in [0.2, 0.25) is 0 Å². The SMILES string of the molecule is Cc1cnc(NC(=O)N(C)C2CN(c3ccc(C4CC4)nn3)C2)s1. The van der Waals surface area contributed by atoms with E-state index >= 15 is 0 Å². The molecule has 4 rings (SSSR count). The molecule has 1 saturated heterocycles. The predicted octanol–water partition coefficient (Wildman–Crippen LogP) is 2.47. The van der Waals surface area contributed by atoms with Crippen LogP contribution in [0.15, 0.2) is 18.3 Å². The van der Waals surface area contributed by atoms with Gasteiger partial charge in [0, 0.05) is 37.1 Å². The maximum Gasteiger partial charge on any atom is 0.323 e. The summed E-state index contributed by atoms with van der Waals surface area (Å²) in [7, 11) is 1.82. The third-order valence-electron chi connectivity index (χ3n) is 4.56. The molecule has 126 valence electrons. The Kier molecular flexibility index (Phi) is 3.84. The number of rotatable bonds is 4. The van der Waals surface area contributed by atoms with Crippen LogP contribution in [0.1, 0.15) is 29.3 Å². The Bertz CT molecular complexity index is 735. The second kappa shape index (κ2) is 6.01. The first-order chi connectivity index (χ1) is 11.6. The minimum Gasteiger partial charge on any atom is -0.351 e. The first-order valence-corrected chi connectivity index (χ1v) is 8.96. The fourth-order valence-electron chi connectivity index (χ4n) is 2.75. The lowest BCUT2D eigenvalue weighted by molar-refractivity contribution is 0.191. The number of hydrogen-bond donors (Lipinski definition) is 1. The van der Waals surface area contributed by atoms with Gasteiger partial charge in [0.25, 0.3) is 0 Å². The first-order valence-electron chi connectivity index (χ1n) is 8.15. The topological polar surface area (TPSA) is 74.2 Å². The van der Waals surface area contributed by atoms with Crippen LogP contribution in [0.3, 0.4) is 0 Å². The van der Waals surface area contributed by atoms with Crippen LogP contribution >= 0.6 is 11.3 Å². The van der Waals surface area contributed by atoms with Gasteiger partial charge in [-0.05, 0) is 31.9 Å². The summed E-state index contributed by atoms with van der Waals surface area (Å²) < 4.78 is 0. The molecule has 0 unspecified atom stereocenters. The standard InChI is InChI=1S/C16H20N6OS/c1-10-7-17-15(24-10)18-16(23)21(2)12-8-22(9-12)14-6-5-13(19-20-14)11-3-4-11/h5-7,11-12H,3-4,8-9H2,1-2H3,(H,17,18,23). The maximum atomic E-state index is 12.3. The Morgan fingerprint density at radius 1 is 1.33 bits per heavy atom. The number of anilines is 2. The van der Waals surface area contributed by atoms with Crippen molar-refractivity contribution < 1.29 is 4.79 Å². The van der Waals surface area contributed by atoms with E-state index in [1.807, 2.05) is 20.0 Å². The normalized spacial score (nSPS) is 17.5. The molecule has 24 heavy (non-hydrogen) atoms. The van der Waals surface area contributed by atoms with E-state index in [1.54, 1.807) is 11.1 Å². The number of likely N-dealkylation sites (N-methyl/N-ethyl adjacent to an activating group) is 1. The van der Waals surface area contributed by atoms with Crippen molar-refractivity contribution in [3.63, 3.8) is 0 Å². The van der Waals surface area contributed by atoms with Crippen molar-refractivity contribution in [1.82, 2.24) is 20.1 Å². The highest BCUT2D eigenvalue weighted by Gasteiger charge is 2.34. The lowest BCUT2D eigenvalue weighted by atomic mass is 10.1. The summed E-state index contributed by atoms with van der Waals surface area (Å²) in [6.45, 7) is 3.52. The second-order valence-corrected chi connectivity index (χ2v) is 7.70. The molecule has 1 saturated carbocycles. The summed E-state index contributed by atoms with van der Waals surface area (Å²) >= 11 is 1.48. The molecule has 2 aromatic heterocycles. The molecule has 2 fully saturated rings. The molecular formula is C16H20N6OS. The van der Waals surface area contributed by atoms with E-state index in [4.69, 9.17) is 0 Å². The van der Waals surface area contributed by atoms with Crippen molar-refractivity contribution in [2.45, 2.75) is 31.7 Å². The van der Waals surface area contributed by atoms with E-state index < -0.39 is 0 Å².